The maximum absolute atomic E-state index is 4.90. The predicted molar refractivity (Wildman–Crippen MR) is 209 cm³/mol. The van der Waals surface area contributed by atoms with Crippen LogP contribution < -0.4 is 4.90 Å². The van der Waals surface area contributed by atoms with Gasteiger partial charge >= 0.3 is 0 Å². The molecule has 0 radical (unpaired) electrons. The molecule has 0 aliphatic carbocycles. The van der Waals surface area contributed by atoms with E-state index in [1.54, 1.807) is 0 Å². The largest absolute Gasteiger partial charge is 0.310 e. The lowest BCUT2D eigenvalue weighted by Gasteiger charge is -2.26. The molecule has 9 aromatic rings. The maximum Gasteiger partial charge on any atom is 0.0894 e. The molecule has 2 heterocycles. The molecule has 9 rings (SSSR count). The Bertz CT molecular complexity index is 2500. The van der Waals surface area contributed by atoms with Gasteiger partial charge in [0.1, 0.15) is 0 Å². The minimum Gasteiger partial charge on any atom is -0.310 e. The second-order valence-electron chi connectivity index (χ2n) is 12.4. The highest BCUT2D eigenvalue weighted by molar-refractivity contribution is 5.84. The van der Waals surface area contributed by atoms with Gasteiger partial charge in [0, 0.05) is 28.2 Å². The smallest absolute Gasteiger partial charge is 0.0894 e. The van der Waals surface area contributed by atoms with Gasteiger partial charge in [-0.3, -0.25) is 9.97 Å². The van der Waals surface area contributed by atoms with Crippen LogP contribution >= 0.6 is 0 Å². The minimum absolute atomic E-state index is 0.853. The highest BCUT2D eigenvalue weighted by Crippen LogP contribution is 2.39. The van der Waals surface area contributed by atoms with Crippen molar-refractivity contribution in [1.82, 2.24) is 19.9 Å². The number of hydrogen-bond acceptors (Lipinski definition) is 5. The Morgan fingerprint density at radius 1 is 0.294 bits per heavy atom. The summed E-state index contributed by atoms with van der Waals surface area (Å²) in [6, 6.07) is 60.9. The number of para-hydroxylation sites is 5. The molecule has 0 N–H and O–H groups in total. The first-order chi connectivity index (χ1) is 25.2. The van der Waals surface area contributed by atoms with E-state index in [4.69, 9.17) is 9.97 Å². The molecule has 0 aliphatic rings. The van der Waals surface area contributed by atoms with Gasteiger partial charge < -0.3 is 4.90 Å². The predicted octanol–water partition coefficient (Wildman–Crippen LogP) is 11.7. The van der Waals surface area contributed by atoms with Crippen LogP contribution in [0.3, 0.4) is 0 Å². The molecule has 0 saturated heterocycles. The second-order valence-corrected chi connectivity index (χ2v) is 12.4. The maximum atomic E-state index is 4.90. The van der Waals surface area contributed by atoms with Crippen molar-refractivity contribution in [2.45, 2.75) is 0 Å². The van der Waals surface area contributed by atoms with Gasteiger partial charge in [0.2, 0.25) is 0 Å². The third kappa shape index (κ3) is 6.09. The molecule has 0 fully saturated rings. The van der Waals surface area contributed by atoms with Gasteiger partial charge in [-0.15, -0.1) is 0 Å². The Labute approximate surface area is 296 Å². The molecule has 2 aromatic heterocycles. The number of hydrogen-bond donors (Lipinski definition) is 0. The van der Waals surface area contributed by atoms with E-state index in [-0.39, 0.29) is 0 Å². The molecule has 5 heteroatoms. The number of aromatic nitrogens is 4. The lowest BCUT2D eigenvalue weighted by molar-refractivity contribution is 1.28. The topological polar surface area (TPSA) is 54.8 Å². The Balaban J connectivity index is 1.08. The van der Waals surface area contributed by atoms with Crippen LogP contribution in [0.4, 0.5) is 17.1 Å². The van der Waals surface area contributed by atoms with Crippen molar-refractivity contribution in [3.8, 4) is 44.8 Å². The summed E-state index contributed by atoms with van der Waals surface area (Å²) in [4.78, 5) is 21.4. The summed E-state index contributed by atoms with van der Waals surface area (Å²) in [6.07, 6.45) is 3.71. The van der Waals surface area contributed by atoms with Crippen LogP contribution in [0.1, 0.15) is 0 Å². The number of fused-ring (bicyclic) bond motifs is 2. The summed E-state index contributed by atoms with van der Waals surface area (Å²) < 4.78 is 0. The van der Waals surface area contributed by atoms with Gasteiger partial charge in [0.15, 0.2) is 0 Å². The zero-order valence-electron chi connectivity index (χ0n) is 27.6. The quantitative estimate of drug-likeness (QED) is 0.171. The molecule has 7 aromatic carbocycles. The third-order valence-corrected chi connectivity index (χ3v) is 9.10. The van der Waals surface area contributed by atoms with Crippen LogP contribution in [0, 0.1) is 0 Å². The summed E-state index contributed by atoms with van der Waals surface area (Å²) in [5.41, 5.74) is 15.0. The van der Waals surface area contributed by atoms with E-state index in [9.17, 15) is 0 Å². The molecule has 0 spiro atoms. The Morgan fingerprint density at radius 3 is 1.16 bits per heavy atom. The molecule has 0 unspecified atom stereocenters. The van der Waals surface area contributed by atoms with Gasteiger partial charge in [-0.2, -0.15) is 0 Å². The van der Waals surface area contributed by atoms with E-state index in [1.165, 1.54) is 0 Å². The Hall–Kier alpha value is -6.98. The van der Waals surface area contributed by atoms with E-state index in [1.807, 2.05) is 60.9 Å². The van der Waals surface area contributed by atoms with E-state index in [2.05, 4.69) is 142 Å². The molecular formula is C46H31N5. The fourth-order valence-electron chi connectivity index (χ4n) is 6.58. The molecule has 0 saturated carbocycles. The first-order valence-electron chi connectivity index (χ1n) is 17.0. The standard InChI is InChI=1S/C46H31N5/c1-2-18-38(19-3-1)51(39-20-10-14-34(28-39)32-12-8-16-36(26-32)45-30-47-41-22-4-6-24-43(41)49-45)40-21-11-15-35(29-40)33-13-9-17-37(27-33)46-31-48-42-23-5-7-25-44(42)50-46/h1-31H. The second kappa shape index (κ2) is 13.1. The van der Waals surface area contributed by atoms with Crippen LogP contribution in [0.15, 0.2) is 188 Å². The molecule has 0 bridgehead atoms. The first-order valence-corrected chi connectivity index (χ1v) is 17.0. The lowest BCUT2D eigenvalue weighted by atomic mass is 9.99. The van der Waals surface area contributed by atoms with Gasteiger partial charge in [-0.05, 0) is 95.1 Å². The fourth-order valence-corrected chi connectivity index (χ4v) is 6.58. The summed E-state index contributed by atoms with van der Waals surface area (Å²) >= 11 is 0. The van der Waals surface area contributed by atoms with Gasteiger partial charge in [-0.1, -0.05) is 103 Å². The van der Waals surface area contributed by atoms with Gasteiger partial charge in [0.05, 0.1) is 45.8 Å². The number of benzene rings is 7. The molecule has 240 valence electrons. The minimum atomic E-state index is 0.853. The Morgan fingerprint density at radius 2 is 0.667 bits per heavy atom. The van der Waals surface area contributed by atoms with E-state index in [0.717, 1.165) is 83.9 Å². The third-order valence-electron chi connectivity index (χ3n) is 9.10. The molecule has 0 amide bonds. The summed E-state index contributed by atoms with van der Waals surface area (Å²) in [7, 11) is 0. The molecule has 0 atom stereocenters. The summed E-state index contributed by atoms with van der Waals surface area (Å²) in [6.45, 7) is 0. The van der Waals surface area contributed by atoms with Crippen molar-refractivity contribution in [1.29, 1.82) is 0 Å². The van der Waals surface area contributed by atoms with Crippen LogP contribution in [0.25, 0.3) is 66.8 Å². The van der Waals surface area contributed by atoms with Crippen LogP contribution in [-0.2, 0) is 0 Å². The summed E-state index contributed by atoms with van der Waals surface area (Å²) in [5, 5.41) is 0. The number of nitrogens with zero attached hydrogens (tertiary/aromatic N) is 5. The molecule has 51 heavy (non-hydrogen) atoms. The fraction of sp³-hybridized carbons (Fsp3) is 0. The highest BCUT2D eigenvalue weighted by Gasteiger charge is 2.15. The van der Waals surface area contributed by atoms with E-state index >= 15 is 0 Å². The van der Waals surface area contributed by atoms with Crippen LogP contribution in [0.5, 0.6) is 0 Å². The lowest BCUT2D eigenvalue weighted by Crippen LogP contribution is -2.10. The van der Waals surface area contributed by atoms with Crippen LogP contribution in [0.2, 0.25) is 0 Å². The van der Waals surface area contributed by atoms with Crippen molar-refractivity contribution in [3.63, 3.8) is 0 Å². The molecule has 5 nitrogen and oxygen atoms in total. The zero-order valence-corrected chi connectivity index (χ0v) is 27.6. The average Bonchev–Trinajstić information content (AvgIpc) is 3.21. The number of rotatable bonds is 7. The van der Waals surface area contributed by atoms with Crippen molar-refractivity contribution < 1.29 is 0 Å². The molecule has 0 aliphatic heterocycles. The van der Waals surface area contributed by atoms with E-state index in [0.29, 0.717) is 0 Å². The van der Waals surface area contributed by atoms with Crippen molar-refractivity contribution in [3.05, 3.63) is 188 Å². The monoisotopic (exact) mass is 653 g/mol. The Kier molecular flexibility index (Phi) is 7.76. The van der Waals surface area contributed by atoms with Crippen molar-refractivity contribution in [2.75, 3.05) is 4.90 Å². The van der Waals surface area contributed by atoms with Crippen molar-refractivity contribution >= 4 is 39.1 Å². The average molecular weight is 654 g/mol. The molecular weight excluding hydrogens is 623 g/mol. The number of anilines is 3. The zero-order chi connectivity index (χ0) is 34.0. The highest BCUT2D eigenvalue weighted by atomic mass is 15.1. The van der Waals surface area contributed by atoms with Crippen molar-refractivity contribution in [2.24, 2.45) is 0 Å². The van der Waals surface area contributed by atoms with E-state index < -0.39 is 0 Å². The summed E-state index contributed by atoms with van der Waals surface area (Å²) in [5.74, 6) is 0. The normalized spacial score (nSPS) is 11.1. The van der Waals surface area contributed by atoms with Crippen LogP contribution in [-0.4, -0.2) is 19.9 Å². The SMILES string of the molecule is c1ccc(N(c2cccc(-c3cccc(-c4cnc5ccccc5n4)c3)c2)c2cccc(-c3cccc(-c4cnc5ccccc5n4)c3)c2)cc1. The van der Waals surface area contributed by atoms with Gasteiger partial charge in [0.25, 0.3) is 0 Å². The van der Waals surface area contributed by atoms with Gasteiger partial charge in [-0.25, -0.2) is 9.97 Å². The first kappa shape index (κ1) is 30.1.